The summed E-state index contributed by atoms with van der Waals surface area (Å²) in [6.45, 7) is 2.87. The lowest BCUT2D eigenvalue weighted by Gasteiger charge is -2.44. The number of hydrogen-bond acceptors (Lipinski definition) is 4. The summed E-state index contributed by atoms with van der Waals surface area (Å²) >= 11 is 1.85. The number of piperidine rings is 1. The number of rotatable bonds is 2. The maximum absolute atomic E-state index is 12.3. The minimum absolute atomic E-state index is 0.0674. The molecule has 2 aromatic rings. The van der Waals surface area contributed by atoms with Gasteiger partial charge in [0.15, 0.2) is 0 Å². The molecule has 0 saturated carbocycles. The molecule has 2 aliphatic rings. The molecule has 0 atom stereocenters. The third-order valence-electron chi connectivity index (χ3n) is 5.12. The zero-order valence-corrected chi connectivity index (χ0v) is 14.5. The number of thiophene rings is 1. The highest BCUT2D eigenvalue weighted by atomic mass is 32.1. The number of nitrogens with zero attached hydrogens (tertiary/aromatic N) is 1. The number of likely N-dealkylation sites (tertiary alicyclic amines) is 1. The molecule has 2 aliphatic heterocycles. The average Bonchev–Trinajstić information content (AvgIpc) is 3.12. The number of ether oxygens (including phenoxy) is 1. The molecule has 5 heteroatoms. The summed E-state index contributed by atoms with van der Waals surface area (Å²) in [5.41, 5.74) is 2.58. The van der Waals surface area contributed by atoms with Crippen molar-refractivity contribution in [1.82, 2.24) is 10.2 Å². The second-order valence-electron chi connectivity index (χ2n) is 6.56. The molecule has 1 N–H and O–H groups in total. The number of carbonyl (C=O) groups excluding carboxylic acids is 1. The maximum atomic E-state index is 12.3. The van der Waals surface area contributed by atoms with Gasteiger partial charge in [0.1, 0.15) is 6.61 Å². The standard InChI is InChI=1S/C19H22N2O2S/c22-18(23-14-15-4-2-1-3-5-15)21-11-8-19(9-12-21)17-16(6-10-20-19)7-13-24-17/h1-5,7,13,20H,6,8-12,14H2. The lowest BCUT2D eigenvalue weighted by Crippen LogP contribution is -2.54. The van der Waals surface area contributed by atoms with E-state index in [4.69, 9.17) is 4.74 Å². The molecule has 4 nitrogen and oxygen atoms in total. The van der Waals surface area contributed by atoms with E-state index >= 15 is 0 Å². The van der Waals surface area contributed by atoms with E-state index in [1.165, 1.54) is 10.4 Å². The predicted molar refractivity (Wildman–Crippen MR) is 95.1 cm³/mol. The van der Waals surface area contributed by atoms with Crippen molar-refractivity contribution in [2.24, 2.45) is 0 Å². The first kappa shape index (κ1) is 15.7. The van der Waals surface area contributed by atoms with E-state index < -0.39 is 0 Å². The van der Waals surface area contributed by atoms with Crippen LogP contribution in [0.5, 0.6) is 0 Å². The van der Waals surface area contributed by atoms with Crippen LogP contribution in [0.15, 0.2) is 41.8 Å². The van der Waals surface area contributed by atoms with Gasteiger partial charge in [-0.2, -0.15) is 0 Å². The smallest absolute Gasteiger partial charge is 0.410 e. The summed E-state index contributed by atoms with van der Waals surface area (Å²) in [5.74, 6) is 0. The van der Waals surface area contributed by atoms with Crippen LogP contribution in [0.3, 0.4) is 0 Å². The second kappa shape index (κ2) is 6.57. The first-order valence-electron chi connectivity index (χ1n) is 8.54. The molecule has 0 bridgehead atoms. The molecule has 1 spiro atoms. The Morgan fingerprint density at radius 3 is 2.79 bits per heavy atom. The third kappa shape index (κ3) is 2.94. The topological polar surface area (TPSA) is 41.6 Å². The van der Waals surface area contributed by atoms with Gasteiger partial charge in [-0.15, -0.1) is 11.3 Å². The highest BCUT2D eigenvalue weighted by molar-refractivity contribution is 7.10. The normalized spacial score (nSPS) is 19.1. The minimum atomic E-state index is -0.198. The number of carbonyl (C=O) groups is 1. The molecule has 0 unspecified atom stereocenters. The van der Waals surface area contributed by atoms with Crippen LogP contribution in [0.1, 0.15) is 28.8 Å². The van der Waals surface area contributed by atoms with E-state index in [0.717, 1.165) is 44.5 Å². The van der Waals surface area contributed by atoms with E-state index in [1.807, 2.05) is 46.6 Å². The summed E-state index contributed by atoms with van der Waals surface area (Å²) in [6.07, 6.45) is 2.83. The number of amides is 1. The van der Waals surface area contributed by atoms with Gasteiger partial charge in [-0.3, -0.25) is 0 Å². The fourth-order valence-corrected chi connectivity index (χ4v) is 4.95. The van der Waals surface area contributed by atoms with Crippen LogP contribution in [0, 0.1) is 0 Å². The zero-order chi connectivity index (χ0) is 16.4. The number of nitrogens with one attached hydrogen (secondary N) is 1. The van der Waals surface area contributed by atoms with Crippen molar-refractivity contribution < 1.29 is 9.53 Å². The molecule has 1 saturated heterocycles. The predicted octanol–water partition coefficient (Wildman–Crippen LogP) is 3.52. The van der Waals surface area contributed by atoms with Crippen LogP contribution in [-0.4, -0.2) is 30.6 Å². The average molecular weight is 342 g/mol. The number of hydrogen-bond donors (Lipinski definition) is 1. The van der Waals surface area contributed by atoms with Crippen molar-refractivity contribution in [2.75, 3.05) is 19.6 Å². The Morgan fingerprint density at radius 1 is 1.21 bits per heavy atom. The molecule has 1 aromatic carbocycles. The molecule has 0 aliphatic carbocycles. The van der Waals surface area contributed by atoms with Crippen LogP contribution < -0.4 is 5.32 Å². The van der Waals surface area contributed by atoms with Crippen LogP contribution in [0.2, 0.25) is 0 Å². The summed E-state index contributed by atoms with van der Waals surface area (Å²) < 4.78 is 5.47. The van der Waals surface area contributed by atoms with E-state index in [1.54, 1.807) is 0 Å². The Morgan fingerprint density at radius 2 is 2.00 bits per heavy atom. The molecular formula is C19H22N2O2S. The molecule has 1 fully saturated rings. The van der Waals surface area contributed by atoms with E-state index in [9.17, 15) is 4.79 Å². The van der Waals surface area contributed by atoms with Crippen molar-refractivity contribution in [3.05, 3.63) is 57.8 Å². The Balaban J connectivity index is 1.36. The second-order valence-corrected chi connectivity index (χ2v) is 7.48. The Labute approximate surface area is 146 Å². The van der Waals surface area contributed by atoms with E-state index in [0.29, 0.717) is 6.61 Å². The molecule has 0 radical (unpaired) electrons. The van der Waals surface area contributed by atoms with Gasteiger partial charge in [-0.05, 0) is 41.8 Å². The van der Waals surface area contributed by atoms with Gasteiger partial charge in [0, 0.05) is 24.5 Å². The first-order valence-corrected chi connectivity index (χ1v) is 9.42. The van der Waals surface area contributed by atoms with Gasteiger partial charge in [0.25, 0.3) is 0 Å². The van der Waals surface area contributed by atoms with Gasteiger partial charge < -0.3 is 15.0 Å². The van der Waals surface area contributed by atoms with Crippen molar-refractivity contribution in [1.29, 1.82) is 0 Å². The van der Waals surface area contributed by atoms with Gasteiger partial charge in [-0.1, -0.05) is 30.3 Å². The quantitative estimate of drug-likeness (QED) is 0.908. The fourth-order valence-electron chi connectivity index (χ4n) is 3.75. The van der Waals surface area contributed by atoms with Crippen LogP contribution >= 0.6 is 11.3 Å². The van der Waals surface area contributed by atoms with Gasteiger partial charge in [-0.25, -0.2) is 4.79 Å². The largest absolute Gasteiger partial charge is 0.445 e. The maximum Gasteiger partial charge on any atom is 0.410 e. The molecular weight excluding hydrogens is 320 g/mol. The third-order valence-corrected chi connectivity index (χ3v) is 6.28. The monoisotopic (exact) mass is 342 g/mol. The van der Waals surface area contributed by atoms with Crippen LogP contribution in [0.25, 0.3) is 0 Å². The molecule has 1 amide bonds. The first-order chi connectivity index (χ1) is 11.8. The lowest BCUT2D eigenvalue weighted by atomic mass is 9.81. The van der Waals surface area contributed by atoms with Crippen molar-refractivity contribution >= 4 is 17.4 Å². The summed E-state index contributed by atoms with van der Waals surface area (Å²) in [6, 6.07) is 12.1. The van der Waals surface area contributed by atoms with Crippen LogP contribution in [-0.2, 0) is 23.3 Å². The Hall–Kier alpha value is -1.85. The highest BCUT2D eigenvalue weighted by Gasteiger charge is 2.41. The minimum Gasteiger partial charge on any atom is -0.445 e. The SMILES string of the molecule is O=C(OCc1ccccc1)N1CCC2(CC1)NCCc1ccsc12. The van der Waals surface area contributed by atoms with Gasteiger partial charge in [0.05, 0.1) is 5.54 Å². The Kier molecular flexibility index (Phi) is 4.29. The molecule has 24 heavy (non-hydrogen) atoms. The van der Waals surface area contributed by atoms with Crippen LogP contribution in [0.4, 0.5) is 4.79 Å². The number of benzene rings is 1. The van der Waals surface area contributed by atoms with E-state index in [2.05, 4.69) is 16.8 Å². The fraction of sp³-hybridized carbons (Fsp3) is 0.421. The van der Waals surface area contributed by atoms with E-state index in [-0.39, 0.29) is 11.6 Å². The summed E-state index contributed by atoms with van der Waals surface area (Å²) in [5, 5.41) is 5.92. The Bertz CT molecular complexity index is 705. The van der Waals surface area contributed by atoms with Gasteiger partial charge >= 0.3 is 6.09 Å². The zero-order valence-electron chi connectivity index (χ0n) is 13.7. The molecule has 126 valence electrons. The lowest BCUT2D eigenvalue weighted by molar-refractivity contribution is 0.0712. The molecule has 3 heterocycles. The summed E-state index contributed by atoms with van der Waals surface area (Å²) in [4.78, 5) is 15.6. The highest BCUT2D eigenvalue weighted by Crippen LogP contribution is 2.40. The van der Waals surface area contributed by atoms with Gasteiger partial charge in [0.2, 0.25) is 0 Å². The van der Waals surface area contributed by atoms with Crippen molar-refractivity contribution in [3.8, 4) is 0 Å². The number of fused-ring (bicyclic) bond motifs is 2. The van der Waals surface area contributed by atoms with Crippen molar-refractivity contribution in [2.45, 2.75) is 31.4 Å². The molecule has 4 rings (SSSR count). The molecule has 1 aromatic heterocycles. The van der Waals surface area contributed by atoms with Crippen molar-refractivity contribution in [3.63, 3.8) is 0 Å². The summed E-state index contributed by atoms with van der Waals surface area (Å²) in [7, 11) is 0.